The molecule has 14 nitrogen and oxygen atoms in total. The maximum Gasteiger partial charge on any atom is 0.472 e. The summed E-state index contributed by atoms with van der Waals surface area (Å²) in [6, 6.07) is 0. The number of hydrogen-bond acceptors (Lipinski definition) is 11. The van der Waals surface area contributed by atoms with Crippen LogP contribution in [0.15, 0.2) is 97.2 Å². The number of ketones is 1. The average Bonchev–Trinajstić information content (AvgIpc) is 3.23. The first kappa shape index (κ1) is 58.7. The highest BCUT2D eigenvalue weighted by molar-refractivity contribution is 7.47. The normalized spacial score (nSPS) is 14.8. The molecule has 0 aromatic rings. The molecule has 3 atom stereocenters. The van der Waals surface area contributed by atoms with Crippen molar-refractivity contribution < 1.29 is 66.3 Å². The molecule has 0 radical (unpaired) electrons. The highest BCUT2D eigenvalue weighted by atomic mass is 31.2. The van der Waals surface area contributed by atoms with Gasteiger partial charge in [0.2, 0.25) is 0 Å². The molecule has 0 aliphatic carbocycles. The molecule has 4 N–H and O–H groups in total. The van der Waals surface area contributed by atoms with E-state index in [-0.39, 0.29) is 18.6 Å². The van der Waals surface area contributed by atoms with Crippen LogP contribution in [0.1, 0.15) is 136 Å². The van der Waals surface area contributed by atoms with Gasteiger partial charge in [-0.05, 0) is 83.1 Å². The second kappa shape index (κ2) is 40.5. The smallest absolute Gasteiger partial charge is 0.462 e. The van der Waals surface area contributed by atoms with Crippen LogP contribution in [0.25, 0.3) is 0 Å². The Kier molecular flexibility index (Phi) is 38.3. The van der Waals surface area contributed by atoms with Crippen molar-refractivity contribution in [3.63, 3.8) is 0 Å². The van der Waals surface area contributed by atoms with Gasteiger partial charge in [0.15, 0.2) is 11.9 Å². The Morgan fingerprint density at radius 2 is 1.05 bits per heavy atom. The van der Waals surface area contributed by atoms with Gasteiger partial charge in [-0.1, -0.05) is 131 Å². The van der Waals surface area contributed by atoms with Gasteiger partial charge in [-0.2, -0.15) is 0 Å². The number of phosphoric acid groups is 2. The van der Waals surface area contributed by atoms with Gasteiger partial charge < -0.3 is 29.3 Å². The Balaban J connectivity index is 4.71. The fourth-order valence-electron chi connectivity index (χ4n) is 5.11. The Bertz CT molecular complexity index is 1520. The van der Waals surface area contributed by atoms with Crippen LogP contribution in [0.4, 0.5) is 0 Å². The van der Waals surface area contributed by atoms with E-state index in [9.17, 15) is 33.5 Å². The van der Waals surface area contributed by atoms with Crippen molar-refractivity contribution in [1.29, 1.82) is 0 Å². The third kappa shape index (κ3) is 43.4. The van der Waals surface area contributed by atoms with Crippen LogP contribution in [-0.4, -0.2) is 76.1 Å². The van der Waals surface area contributed by atoms with Gasteiger partial charge in [-0.3, -0.25) is 28.0 Å². The summed E-state index contributed by atoms with van der Waals surface area (Å²) in [5, 5.41) is 9.74. The standard InChI is InChI=1S/C46H74O14P2/c1-3-5-7-8-9-10-11-12-13-14-15-16-19-22-25-28-32-36-45(49)56-40-44(41-59-62(54,55)58-39-43(48)38-57-61(51,52)53)60-46(50)37-33-29-26-23-20-17-18-21-24-27-31-35-42(47)34-30-6-4-2/h5,7,9-10,12-13,15-18,23-24,26-27,31,35,43-44,48H,3-4,6,8,11,14,19-22,25,28-30,32-34,36-41H2,1-2H3,(H,54,55)(H2,51,52,53)/b7-5-,10-9-,13-12-,16-15-,18-17-,26-23-,27-24-,35-31+/t43-,44+/m0/s1. The van der Waals surface area contributed by atoms with E-state index in [1.807, 2.05) is 36.5 Å². The maximum absolute atomic E-state index is 12.6. The molecule has 352 valence electrons. The van der Waals surface area contributed by atoms with Crippen LogP contribution >= 0.6 is 15.6 Å². The molecule has 62 heavy (non-hydrogen) atoms. The van der Waals surface area contributed by atoms with E-state index in [2.05, 4.69) is 71.5 Å². The molecule has 0 fully saturated rings. The van der Waals surface area contributed by atoms with Gasteiger partial charge in [0, 0.05) is 19.3 Å². The molecule has 0 aliphatic rings. The van der Waals surface area contributed by atoms with Gasteiger partial charge in [0.05, 0.1) is 19.8 Å². The summed E-state index contributed by atoms with van der Waals surface area (Å²) in [7, 11) is -9.73. The van der Waals surface area contributed by atoms with E-state index in [4.69, 9.17) is 23.8 Å². The predicted molar refractivity (Wildman–Crippen MR) is 244 cm³/mol. The molecule has 0 saturated heterocycles. The monoisotopic (exact) mass is 912 g/mol. The minimum absolute atomic E-state index is 0.0179. The quantitative estimate of drug-likeness (QED) is 0.0112. The Morgan fingerprint density at radius 3 is 1.66 bits per heavy atom. The lowest BCUT2D eigenvalue weighted by Gasteiger charge is -2.20. The van der Waals surface area contributed by atoms with E-state index in [1.165, 1.54) is 0 Å². The number of unbranched alkanes of at least 4 members (excludes halogenated alkanes) is 7. The van der Waals surface area contributed by atoms with Crippen molar-refractivity contribution in [2.24, 2.45) is 0 Å². The zero-order valence-corrected chi connectivity index (χ0v) is 38.7. The molecule has 0 heterocycles. The van der Waals surface area contributed by atoms with Crippen LogP contribution in [0.3, 0.4) is 0 Å². The first-order valence-corrected chi connectivity index (χ1v) is 24.9. The van der Waals surface area contributed by atoms with E-state index >= 15 is 0 Å². The summed E-state index contributed by atoms with van der Waals surface area (Å²) in [4.78, 5) is 64.4. The lowest BCUT2D eigenvalue weighted by atomic mass is 10.1. The summed E-state index contributed by atoms with van der Waals surface area (Å²) >= 11 is 0. The number of hydrogen-bond donors (Lipinski definition) is 4. The number of rotatable bonds is 40. The van der Waals surface area contributed by atoms with Crippen molar-refractivity contribution >= 4 is 33.4 Å². The van der Waals surface area contributed by atoms with Crippen LogP contribution in [0.5, 0.6) is 0 Å². The lowest BCUT2D eigenvalue weighted by molar-refractivity contribution is -0.161. The first-order chi connectivity index (χ1) is 29.8. The molecule has 0 spiro atoms. The van der Waals surface area contributed by atoms with E-state index < -0.39 is 66.2 Å². The summed E-state index contributed by atoms with van der Waals surface area (Å²) < 4.78 is 47.7. The predicted octanol–water partition coefficient (Wildman–Crippen LogP) is 10.5. The number of allylic oxidation sites excluding steroid dienone is 16. The molecular weight excluding hydrogens is 838 g/mol. The molecule has 0 rings (SSSR count). The molecule has 1 unspecified atom stereocenters. The fourth-order valence-corrected chi connectivity index (χ4v) is 6.26. The number of phosphoric ester groups is 2. The number of esters is 2. The lowest BCUT2D eigenvalue weighted by Crippen LogP contribution is -2.29. The number of aliphatic hydroxyl groups is 1. The largest absolute Gasteiger partial charge is 0.472 e. The Hall–Kier alpha value is -3.29. The Labute approximate surface area is 370 Å². The summed E-state index contributed by atoms with van der Waals surface area (Å²) in [6.45, 7) is 1.35. The molecule has 0 amide bonds. The van der Waals surface area contributed by atoms with Gasteiger partial charge in [0.1, 0.15) is 12.7 Å². The zero-order chi connectivity index (χ0) is 46.0. The number of carbonyl (C=O) groups is 3. The summed E-state index contributed by atoms with van der Waals surface area (Å²) in [5.41, 5.74) is 0. The first-order valence-electron chi connectivity index (χ1n) is 21.9. The minimum Gasteiger partial charge on any atom is -0.462 e. The van der Waals surface area contributed by atoms with E-state index in [0.29, 0.717) is 32.1 Å². The van der Waals surface area contributed by atoms with Gasteiger partial charge in [-0.15, -0.1) is 0 Å². The highest BCUT2D eigenvalue weighted by Crippen LogP contribution is 2.43. The minimum atomic E-state index is -4.88. The van der Waals surface area contributed by atoms with Crippen molar-refractivity contribution in [1.82, 2.24) is 0 Å². The Morgan fingerprint density at radius 1 is 0.532 bits per heavy atom. The van der Waals surface area contributed by atoms with Gasteiger partial charge >= 0.3 is 27.6 Å². The summed E-state index contributed by atoms with van der Waals surface area (Å²) in [5.74, 6) is -1.03. The topological polar surface area (TPSA) is 212 Å². The van der Waals surface area contributed by atoms with Gasteiger partial charge in [-0.25, -0.2) is 9.13 Å². The number of aliphatic hydroxyl groups excluding tert-OH is 1. The second-order valence-corrected chi connectivity index (χ2v) is 17.0. The summed E-state index contributed by atoms with van der Waals surface area (Å²) in [6.07, 6.45) is 43.9. The fraction of sp³-hybridized carbons (Fsp3) is 0.587. The molecule has 0 aliphatic heterocycles. The van der Waals surface area contributed by atoms with E-state index in [1.54, 1.807) is 12.2 Å². The SMILES string of the molecule is CC/C=C\C/C=C\C/C=C\C/C=C\CCCCCCC(=O)OC[C@H](COP(=O)(O)OC[C@@H](O)COP(=O)(O)O)OC(=O)CCC/C=C\C/C=C\C/C=C\C=C\C(=O)CCCCC. The third-order valence-electron chi connectivity index (χ3n) is 8.42. The van der Waals surface area contributed by atoms with Crippen molar-refractivity contribution in [2.45, 2.75) is 148 Å². The van der Waals surface area contributed by atoms with Crippen LogP contribution in [-0.2, 0) is 46.6 Å². The molecule has 0 aromatic heterocycles. The molecular formula is C46H74O14P2. The van der Waals surface area contributed by atoms with Gasteiger partial charge in [0.25, 0.3) is 0 Å². The highest BCUT2D eigenvalue weighted by Gasteiger charge is 2.28. The van der Waals surface area contributed by atoms with E-state index in [0.717, 1.165) is 77.0 Å². The van der Waals surface area contributed by atoms with Crippen LogP contribution < -0.4 is 0 Å². The zero-order valence-electron chi connectivity index (χ0n) is 36.9. The second-order valence-electron chi connectivity index (χ2n) is 14.3. The third-order valence-corrected chi connectivity index (χ3v) is 9.86. The molecule has 0 aromatic carbocycles. The van der Waals surface area contributed by atoms with Crippen LogP contribution in [0.2, 0.25) is 0 Å². The average molecular weight is 913 g/mol. The molecule has 16 heteroatoms. The van der Waals surface area contributed by atoms with Crippen LogP contribution in [0, 0.1) is 0 Å². The number of ether oxygens (including phenoxy) is 2. The number of carbonyl (C=O) groups excluding carboxylic acids is 3. The van der Waals surface area contributed by atoms with Crippen molar-refractivity contribution in [3.05, 3.63) is 97.2 Å². The maximum atomic E-state index is 12.6. The molecule has 0 saturated carbocycles. The molecule has 0 bridgehead atoms. The van der Waals surface area contributed by atoms with Crippen molar-refractivity contribution in [3.8, 4) is 0 Å². The van der Waals surface area contributed by atoms with Crippen molar-refractivity contribution in [2.75, 3.05) is 26.4 Å².